The Morgan fingerprint density at radius 3 is 2.67 bits per heavy atom. The number of esters is 1. The molecule has 0 aliphatic heterocycles. The number of halogens is 1. The molecule has 0 amide bonds. The number of hydrogen-bond acceptors (Lipinski definition) is 2. The zero-order valence-corrected chi connectivity index (χ0v) is 15.3. The van der Waals surface area contributed by atoms with Gasteiger partial charge < -0.3 is 4.74 Å². The molecule has 8 atom stereocenters. The summed E-state index contributed by atoms with van der Waals surface area (Å²) in [5.41, 5.74) is -0.0785. The Morgan fingerprint density at radius 2 is 1.92 bits per heavy atom. The standard InChI is InChI=1S/C21H31FO2/c1-13(23)24-19-10-9-16-15-8-7-14-5-4-6-18(22)21(14,3)17(15)11-12-20(16,19)2/h4,6,14-19H,5,7-12H2,1-3H3/t14-,15+,16+,17+,18+,19-,20+,21+/m1/s1. The summed E-state index contributed by atoms with van der Waals surface area (Å²) >= 11 is 0. The zero-order valence-electron chi connectivity index (χ0n) is 15.3. The number of carbonyl (C=O) groups excluding carboxylic acids is 1. The van der Waals surface area contributed by atoms with Crippen molar-refractivity contribution in [2.24, 2.45) is 34.5 Å². The predicted molar refractivity (Wildman–Crippen MR) is 92.1 cm³/mol. The van der Waals surface area contributed by atoms with Crippen molar-refractivity contribution in [1.29, 1.82) is 0 Å². The molecule has 0 aromatic rings. The highest BCUT2D eigenvalue weighted by Gasteiger charge is 2.62. The second kappa shape index (κ2) is 5.57. The van der Waals surface area contributed by atoms with E-state index in [4.69, 9.17) is 4.74 Å². The van der Waals surface area contributed by atoms with Crippen molar-refractivity contribution in [2.45, 2.75) is 78.0 Å². The van der Waals surface area contributed by atoms with Gasteiger partial charge in [-0.05, 0) is 68.6 Å². The van der Waals surface area contributed by atoms with Crippen molar-refractivity contribution < 1.29 is 13.9 Å². The summed E-state index contributed by atoms with van der Waals surface area (Å²) in [5, 5.41) is 0. The Bertz CT molecular complexity index is 558. The van der Waals surface area contributed by atoms with Gasteiger partial charge in [-0.25, -0.2) is 4.39 Å². The highest BCUT2D eigenvalue weighted by molar-refractivity contribution is 5.66. The van der Waals surface area contributed by atoms with Crippen LogP contribution < -0.4 is 0 Å². The Labute approximate surface area is 145 Å². The van der Waals surface area contributed by atoms with Crippen LogP contribution in [0.25, 0.3) is 0 Å². The van der Waals surface area contributed by atoms with Crippen molar-refractivity contribution in [1.82, 2.24) is 0 Å². The summed E-state index contributed by atoms with van der Waals surface area (Å²) in [4.78, 5) is 11.5. The van der Waals surface area contributed by atoms with Crippen LogP contribution in [-0.4, -0.2) is 18.2 Å². The van der Waals surface area contributed by atoms with Crippen LogP contribution in [0.15, 0.2) is 12.2 Å². The van der Waals surface area contributed by atoms with Gasteiger partial charge in [-0.2, -0.15) is 0 Å². The Morgan fingerprint density at radius 1 is 1.12 bits per heavy atom. The first-order valence-electron chi connectivity index (χ1n) is 9.85. The molecule has 0 heterocycles. The molecule has 3 saturated carbocycles. The minimum Gasteiger partial charge on any atom is -0.462 e. The van der Waals surface area contributed by atoms with Gasteiger partial charge in [0.25, 0.3) is 0 Å². The van der Waals surface area contributed by atoms with E-state index in [9.17, 15) is 4.79 Å². The van der Waals surface area contributed by atoms with Crippen LogP contribution in [0.1, 0.15) is 65.7 Å². The molecular formula is C21H31FO2. The molecule has 24 heavy (non-hydrogen) atoms. The van der Waals surface area contributed by atoms with Crippen LogP contribution in [0.3, 0.4) is 0 Å². The molecule has 0 aromatic heterocycles. The highest BCUT2D eigenvalue weighted by atomic mass is 19.1. The maximum atomic E-state index is 15.0. The molecule has 4 rings (SSSR count). The van der Waals surface area contributed by atoms with E-state index in [2.05, 4.69) is 19.9 Å². The van der Waals surface area contributed by atoms with E-state index in [0.717, 1.165) is 38.5 Å². The quantitative estimate of drug-likeness (QED) is 0.494. The second-order valence-corrected chi connectivity index (χ2v) is 9.30. The van der Waals surface area contributed by atoms with Gasteiger partial charge in [0.15, 0.2) is 0 Å². The number of fused-ring (bicyclic) bond motifs is 5. The molecular weight excluding hydrogens is 303 g/mol. The maximum absolute atomic E-state index is 15.0. The van der Waals surface area contributed by atoms with E-state index in [1.54, 1.807) is 0 Å². The average Bonchev–Trinajstić information content (AvgIpc) is 2.85. The summed E-state index contributed by atoms with van der Waals surface area (Å²) < 4.78 is 20.7. The van der Waals surface area contributed by atoms with E-state index >= 15 is 4.39 Å². The molecule has 4 aliphatic rings. The predicted octanol–water partition coefficient (Wildman–Crippen LogP) is 5.07. The SMILES string of the molecule is CC(=O)O[C@@H]1CC[C@H]2[C@@H]3CC[C@H]4CC=C[C@H](F)[C@]4(C)[C@H]3CC[C@]12C. The lowest BCUT2D eigenvalue weighted by Crippen LogP contribution is -2.56. The van der Waals surface area contributed by atoms with Crippen molar-refractivity contribution in [3.8, 4) is 0 Å². The third-order valence-corrected chi connectivity index (χ3v) is 8.51. The normalized spacial score (nSPS) is 53.0. The first kappa shape index (κ1) is 16.6. The Kier molecular flexibility index (Phi) is 3.85. The lowest BCUT2D eigenvalue weighted by atomic mass is 9.45. The van der Waals surface area contributed by atoms with Gasteiger partial charge in [0, 0.05) is 17.8 Å². The monoisotopic (exact) mass is 334 g/mol. The summed E-state index contributed by atoms with van der Waals surface area (Å²) in [6.07, 6.45) is 10.9. The topological polar surface area (TPSA) is 26.3 Å². The van der Waals surface area contributed by atoms with Crippen LogP contribution in [-0.2, 0) is 9.53 Å². The molecule has 0 aromatic carbocycles. The molecule has 0 N–H and O–H groups in total. The van der Waals surface area contributed by atoms with Crippen molar-refractivity contribution in [3.05, 3.63) is 12.2 Å². The van der Waals surface area contributed by atoms with Crippen LogP contribution in [0.4, 0.5) is 4.39 Å². The van der Waals surface area contributed by atoms with Crippen LogP contribution in [0.5, 0.6) is 0 Å². The fourth-order valence-electron chi connectivity index (χ4n) is 7.19. The lowest BCUT2D eigenvalue weighted by Gasteiger charge is -2.60. The summed E-state index contributed by atoms with van der Waals surface area (Å²) in [6.45, 7) is 6.08. The molecule has 0 bridgehead atoms. The van der Waals surface area contributed by atoms with Gasteiger partial charge in [-0.3, -0.25) is 4.79 Å². The van der Waals surface area contributed by atoms with E-state index in [-0.39, 0.29) is 22.9 Å². The fourth-order valence-corrected chi connectivity index (χ4v) is 7.19. The number of rotatable bonds is 1. The van der Waals surface area contributed by atoms with E-state index in [0.29, 0.717) is 23.7 Å². The molecule has 0 spiro atoms. The minimum absolute atomic E-state index is 0.0684. The summed E-state index contributed by atoms with van der Waals surface area (Å²) in [5.74, 6) is 2.05. The Balaban J connectivity index is 1.63. The third kappa shape index (κ3) is 2.15. The van der Waals surface area contributed by atoms with Gasteiger partial charge in [0.1, 0.15) is 12.3 Å². The van der Waals surface area contributed by atoms with E-state index in [1.165, 1.54) is 13.3 Å². The van der Waals surface area contributed by atoms with Gasteiger partial charge in [-0.15, -0.1) is 0 Å². The summed E-state index contributed by atoms with van der Waals surface area (Å²) in [6, 6.07) is 0. The molecule has 134 valence electrons. The highest BCUT2D eigenvalue weighted by Crippen LogP contribution is 2.66. The van der Waals surface area contributed by atoms with E-state index in [1.807, 2.05) is 6.08 Å². The summed E-state index contributed by atoms with van der Waals surface area (Å²) in [7, 11) is 0. The number of alkyl halides is 1. The van der Waals surface area contributed by atoms with Crippen LogP contribution in [0, 0.1) is 34.5 Å². The third-order valence-electron chi connectivity index (χ3n) is 8.51. The van der Waals surface area contributed by atoms with Crippen molar-refractivity contribution in [3.63, 3.8) is 0 Å². The lowest BCUT2D eigenvalue weighted by molar-refractivity contribution is -0.162. The minimum atomic E-state index is -0.793. The van der Waals surface area contributed by atoms with Crippen molar-refractivity contribution >= 4 is 5.97 Å². The zero-order chi connectivity index (χ0) is 17.1. The number of hydrogen-bond donors (Lipinski definition) is 0. The first-order chi connectivity index (χ1) is 11.4. The molecule has 0 unspecified atom stereocenters. The second-order valence-electron chi connectivity index (χ2n) is 9.30. The van der Waals surface area contributed by atoms with E-state index < -0.39 is 6.17 Å². The fraction of sp³-hybridized carbons (Fsp3) is 0.857. The first-order valence-corrected chi connectivity index (χ1v) is 9.85. The van der Waals surface area contributed by atoms with Gasteiger partial charge in [0.2, 0.25) is 0 Å². The number of allylic oxidation sites excluding steroid dienone is 2. The van der Waals surface area contributed by atoms with Gasteiger partial charge in [0.05, 0.1) is 0 Å². The average molecular weight is 334 g/mol. The Hall–Kier alpha value is -0.860. The number of carbonyl (C=O) groups is 1. The van der Waals surface area contributed by atoms with Gasteiger partial charge >= 0.3 is 5.97 Å². The number of ether oxygens (including phenoxy) is 1. The van der Waals surface area contributed by atoms with Crippen LogP contribution >= 0.6 is 0 Å². The maximum Gasteiger partial charge on any atom is 0.302 e. The van der Waals surface area contributed by atoms with Crippen LogP contribution in [0.2, 0.25) is 0 Å². The molecule has 0 saturated heterocycles. The molecule has 0 radical (unpaired) electrons. The molecule has 3 fully saturated rings. The molecule has 3 heteroatoms. The largest absolute Gasteiger partial charge is 0.462 e. The molecule has 2 nitrogen and oxygen atoms in total. The smallest absolute Gasteiger partial charge is 0.302 e. The van der Waals surface area contributed by atoms with Gasteiger partial charge in [-0.1, -0.05) is 26.0 Å². The molecule has 4 aliphatic carbocycles. The van der Waals surface area contributed by atoms with Crippen molar-refractivity contribution in [2.75, 3.05) is 0 Å².